The minimum atomic E-state index is -0.212. The highest BCUT2D eigenvalue weighted by Gasteiger charge is 2.16. The topological polar surface area (TPSA) is 73.5 Å². The summed E-state index contributed by atoms with van der Waals surface area (Å²) in [5.74, 6) is 0.445. The van der Waals surface area contributed by atoms with Crippen LogP contribution in [0, 0.1) is 0 Å². The predicted octanol–water partition coefficient (Wildman–Crippen LogP) is 0.488. The standard InChI is InChI=1S/C17H20N4O2/c1-4-23-17-12(16(22)19-20-17)9-15-13(10-21(2)3)11-7-5-6-8-14(11)18-15/h5-9H,4,10H2,1-3H3,(H2,19,20,22)/b15-9+. The quantitative estimate of drug-likeness (QED) is 0.844. The Hall–Kier alpha value is -2.60. The number of hydrogen-bond donors (Lipinski definition) is 2. The minimum Gasteiger partial charge on any atom is -0.478 e. The third kappa shape index (κ3) is 2.98. The van der Waals surface area contributed by atoms with Crippen molar-refractivity contribution in [2.45, 2.75) is 6.92 Å². The molecule has 6 nitrogen and oxygen atoms in total. The molecule has 0 spiro atoms. The number of H-pyrrole nitrogens is 2. The van der Waals surface area contributed by atoms with Crippen molar-refractivity contribution in [1.29, 1.82) is 0 Å². The van der Waals surface area contributed by atoms with Gasteiger partial charge in [0, 0.05) is 17.3 Å². The largest absolute Gasteiger partial charge is 0.478 e. The van der Waals surface area contributed by atoms with Gasteiger partial charge < -0.3 is 9.64 Å². The van der Waals surface area contributed by atoms with Gasteiger partial charge in [0.2, 0.25) is 5.88 Å². The van der Waals surface area contributed by atoms with E-state index in [2.05, 4.69) is 26.2 Å². The molecule has 0 amide bonds. The third-order valence-electron chi connectivity index (χ3n) is 3.60. The van der Waals surface area contributed by atoms with E-state index in [0.717, 1.165) is 28.4 Å². The van der Waals surface area contributed by atoms with Gasteiger partial charge >= 0.3 is 0 Å². The van der Waals surface area contributed by atoms with Crippen LogP contribution in [-0.4, -0.2) is 42.3 Å². The van der Waals surface area contributed by atoms with Crippen molar-refractivity contribution in [3.8, 4) is 5.88 Å². The molecule has 0 radical (unpaired) electrons. The van der Waals surface area contributed by atoms with Crippen LogP contribution in [-0.2, 0) is 0 Å². The van der Waals surface area contributed by atoms with Crippen LogP contribution in [0.4, 0.5) is 0 Å². The van der Waals surface area contributed by atoms with Crippen LogP contribution >= 0.6 is 0 Å². The number of fused-ring (bicyclic) bond motifs is 1. The van der Waals surface area contributed by atoms with Crippen LogP contribution in [0.2, 0.25) is 0 Å². The summed E-state index contributed by atoms with van der Waals surface area (Å²) in [6.07, 6.45) is 1.79. The van der Waals surface area contributed by atoms with Crippen molar-refractivity contribution in [2.75, 3.05) is 27.2 Å². The summed E-state index contributed by atoms with van der Waals surface area (Å²) in [4.78, 5) is 18.8. The Bertz CT molecular complexity index is 919. The van der Waals surface area contributed by atoms with E-state index in [9.17, 15) is 4.79 Å². The highest BCUT2D eigenvalue weighted by atomic mass is 16.5. The molecule has 2 N–H and O–H groups in total. The van der Waals surface area contributed by atoms with Crippen molar-refractivity contribution >= 4 is 11.6 Å². The summed E-state index contributed by atoms with van der Waals surface area (Å²) in [6.45, 7) is 3.11. The van der Waals surface area contributed by atoms with Crippen molar-refractivity contribution in [1.82, 2.24) is 15.1 Å². The number of hydrogen-bond acceptors (Lipinski definition) is 4. The third-order valence-corrected chi connectivity index (χ3v) is 3.60. The van der Waals surface area contributed by atoms with Crippen LogP contribution in [0.15, 0.2) is 39.7 Å². The van der Waals surface area contributed by atoms with Gasteiger partial charge in [-0.15, -0.1) is 0 Å². The van der Waals surface area contributed by atoms with Crippen LogP contribution in [0.1, 0.15) is 12.5 Å². The number of ether oxygens (including phenoxy) is 1. The number of para-hydroxylation sites is 1. The molecule has 0 saturated heterocycles. The Labute approximate surface area is 133 Å². The van der Waals surface area contributed by atoms with Crippen LogP contribution in [0.3, 0.4) is 0 Å². The normalized spacial score (nSPS) is 15.1. The van der Waals surface area contributed by atoms with Gasteiger partial charge in [0.1, 0.15) is 5.56 Å². The number of aromatic nitrogens is 2. The summed E-state index contributed by atoms with van der Waals surface area (Å²) in [5, 5.41) is 7.36. The second kappa shape index (κ2) is 6.26. The van der Waals surface area contributed by atoms with E-state index in [1.807, 2.05) is 39.2 Å². The van der Waals surface area contributed by atoms with E-state index >= 15 is 0 Å². The molecule has 120 valence electrons. The van der Waals surface area contributed by atoms with Crippen LogP contribution < -0.4 is 20.9 Å². The molecule has 3 rings (SSSR count). The maximum atomic E-state index is 12.0. The lowest BCUT2D eigenvalue weighted by Gasteiger charge is -2.11. The molecule has 0 bridgehead atoms. The molecule has 6 heteroatoms. The number of nitrogens with one attached hydrogen (secondary N) is 2. The molecule has 0 saturated carbocycles. The highest BCUT2D eigenvalue weighted by molar-refractivity contribution is 5.77. The molecule has 1 aliphatic heterocycles. The highest BCUT2D eigenvalue weighted by Crippen LogP contribution is 2.21. The van der Waals surface area contributed by atoms with Crippen molar-refractivity contribution < 1.29 is 4.74 Å². The average Bonchev–Trinajstić information content (AvgIpc) is 3.03. The summed E-state index contributed by atoms with van der Waals surface area (Å²) in [7, 11) is 4.03. The molecule has 0 unspecified atom stereocenters. The lowest BCUT2D eigenvalue weighted by molar-refractivity contribution is 0.325. The first-order chi connectivity index (χ1) is 11.1. The fourth-order valence-corrected chi connectivity index (χ4v) is 2.64. The van der Waals surface area contributed by atoms with Crippen molar-refractivity contribution in [3.63, 3.8) is 0 Å². The lowest BCUT2D eigenvalue weighted by Crippen LogP contribution is -2.26. The zero-order chi connectivity index (χ0) is 16.4. The zero-order valence-electron chi connectivity index (χ0n) is 13.5. The fraction of sp³-hybridized carbons (Fsp3) is 0.294. The Kier molecular flexibility index (Phi) is 4.16. The number of rotatable bonds is 5. The van der Waals surface area contributed by atoms with Gasteiger partial charge in [-0.05, 0) is 33.2 Å². The van der Waals surface area contributed by atoms with E-state index < -0.39 is 0 Å². The number of nitrogens with zero attached hydrogens (tertiary/aromatic N) is 2. The van der Waals surface area contributed by atoms with E-state index in [1.54, 1.807) is 6.08 Å². The molecule has 0 atom stereocenters. The molecule has 0 fully saturated rings. The zero-order valence-corrected chi connectivity index (χ0v) is 13.5. The molecule has 0 aliphatic carbocycles. The predicted molar refractivity (Wildman–Crippen MR) is 89.7 cm³/mol. The maximum absolute atomic E-state index is 12.0. The maximum Gasteiger partial charge on any atom is 0.275 e. The Morgan fingerprint density at radius 3 is 2.78 bits per heavy atom. The summed E-state index contributed by atoms with van der Waals surface area (Å²) in [5.41, 5.74) is 2.16. The average molecular weight is 312 g/mol. The van der Waals surface area contributed by atoms with E-state index in [-0.39, 0.29) is 5.56 Å². The smallest absolute Gasteiger partial charge is 0.275 e. The van der Waals surface area contributed by atoms with Crippen molar-refractivity contribution in [2.24, 2.45) is 4.99 Å². The molecule has 1 aromatic heterocycles. The van der Waals surface area contributed by atoms with Crippen LogP contribution in [0.25, 0.3) is 11.6 Å². The first-order valence-corrected chi connectivity index (χ1v) is 7.57. The molecule has 23 heavy (non-hydrogen) atoms. The molecular weight excluding hydrogens is 292 g/mol. The van der Waals surface area contributed by atoms with E-state index in [0.29, 0.717) is 18.1 Å². The van der Waals surface area contributed by atoms with Gasteiger partial charge in [0.25, 0.3) is 5.56 Å². The Balaban J connectivity index is 2.15. The van der Waals surface area contributed by atoms with E-state index in [4.69, 9.17) is 4.74 Å². The van der Waals surface area contributed by atoms with E-state index in [1.165, 1.54) is 0 Å². The Morgan fingerprint density at radius 1 is 1.26 bits per heavy atom. The summed E-state index contributed by atoms with van der Waals surface area (Å²) < 4.78 is 5.47. The molecule has 1 aliphatic rings. The second-order valence-corrected chi connectivity index (χ2v) is 5.63. The van der Waals surface area contributed by atoms with Gasteiger partial charge in [-0.1, -0.05) is 18.2 Å². The monoisotopic (exact) mass is 312 g/mol. The molecule has 2 heterocycles. The summed E-state index contributed by atoms with van der Waals surface area (Å²) in [6, 6.07) is 8.01. The first kappa shape index (κ1) is 15.3. The van der Waals surface area contributed by atoms with Gasteiger partial charge in [0.05, 0.1) is 17.7 Å². The first-order valence-electron chi connectivity index (χ1n) is 7.57. The minimum absolute atomic E-state index is 0.212. The number of aromatic amines is 2. The lowest BCUT2D eigenvalue weighted by atomic mass is 10.1. The second-order valence-electron chi connectivity index (χ2n) is 5.63. The van der Waals surface area contributed by atoms with Gasteiger partial charge in [0.15, 0.2) is 0 Å². The SMILES string of the molecule is CCOc1[nH][nH]c(=O)c1/C=C1/N=c2ccccc2=C1CN(C)C. The summed E-state index contributed by atoms with van der Waals surface area (Å²) >= 11 is 0. The Morgan fingerprint density at radius 2 is 2.04 bits per heavy atom. The van der Waals surface area contributed by atoms with Gasteiger partial charge in [-0.3, -0.25) is 15.0 Å². The van der Waals surface area contributed by atoms with Gasteiger partial charge in [-0.2, -0.15) is 0 Å². The fourth-order valence-electron chi connectivity index (χ4n) is 2.64. The van der Waals surface area contributed by atoms with Gasteiger partial charge in [-0.25, -0.2) is 4.99 Å². The molecule has 2 aromatic rings. The molecular formula is C17H20N4O2. The van der Waals surface area contributed by atoms with Crippen LogP contribution in [0.5, 0.6) is 5.88 Å². The molecule has 1 aromatic carbocycles. The number of benzene rings is 1. The van der Waals surface area contributed by atoms with Crippen molar-refractivity contribution in [3.05, 3.63) is 56.5 Å².